The van der Waals surface area contributed by atoms with Crippen molar-refractivity contribution >= 4 is 32.3 Å². The standard InChI is InChI=1S/C51H36/c1-51(2)47-22-11-10-19-41(47)42-27-26-40(32-48(42)51)50-44-21-9-8-20-43(44)49(39-18-12-17-36(30-39)33-13-4-3-5-14-33)45-28-25-38(31-46(45)50)37-24-23-34-15-6-7-16-35(34)29-37/h3-32H,1-2H3. The van der Waals surface area contributed by atoms with Gasteiger partial charge in [-0.05, 0) is 123 Å². The van der Waals surface area contributed by atoms with E-state index in [0.29, 0.717) is 0 Å². The van der Waals surface area contributed by atoms with Gasteiger partial charge >= 0.3 is 0 Å². The Labute approximate surface area is 299 Å². The lowest BCUT2D eigenvalue weighted by molar-refractivity contribution is 0.660. The van der Waals surface area contributed by atoms with Crippen molar-refractivity contribution in [2.75, 3.05) is 0 Å². The SMILES string of the molecule is CC1(C)c2ccccc2-c2ccc(-c3c4ccccc4c(-c4cccc(-c5ccccc5)c4)c4ccc(-c5ccc6ccccc6c5)cc34)cc21. The van der Waals surface area contributed by atoms with Crippen LogP contribution in [0.2, 0.25) is 0 Å². The van der Waals surface area contributed by atoms with Gasteiger partial charge in [-0.1, -0.05) is 172 Å². The average molecular weight is 649 g/mol. The van der Waals surface area contributed by atoms with Crippen LogP contribution in [0.3, 0.4) is 0 Å². The van der Waals surface area contributed by atoms with Gasteiger partial charge in [0, 0.05) is 5.41 Å². The van der Waals surface area contributed by atoms with E-state index in [1.807, 2.05) is 0 Å². The van der Waals surface area contributed by atoms with Gasteiger partial charge in [0.2, 0.25) is 0 Å². The minimum Gasteiger partial charge on any atom is -0.0622 e. The number of hydrogen-bond donors (Lipinski definition) is 0. The maximum absolute atomic E-state index is 2.48. The van der Waals surface area contributed by atoms with Crippen LogP contribution in [0.25, 0.3) is 88.0 Å². The largest absolute Gasteiger partial charge is 0.0622 e. The van der Waals surface area contributed by atoms with Crippen molar-refractivity contribution in [3.63, 3.8) is 0 Å². The van der Waals surface area contributed by atoms with Crippen molar-refractivity contribution in [1.29, 1.82) is 0 Å². The van der Waals surface area contributed by atoms with E-state index in [4.69, 9.17) is 0 Å². The first kappa shape index (κ1) is 29.7. The van der Waals surface area contributed by atoms with Crippen LogP contribution >= 0.6 is 0 Å². The molecule has 0 bridgehead atoms. The molecule has 1 aliphatic carbocycles. The predicted octanol–water partition coefficient (Wildman–Crippen LogP) is 14.1. The molecule has 0 amide bonds. The van der Waals surface area contributed by atoms with Crippen LogP contribution in [0.15, 0.2) is 182 Å². The van der Waals surface area contributed by atoms with Gasteiger partial charge in [-0.3, -0.25) is 0 Å². The maximum atomic E-state index is 2.48. The Morgan fingerprint density at radius 2 is 0.843 bits per heavy atom. The van der Waals surface area contributed by atoms with Crippen LogP contribution < -0.4 is 0 Å². The summed E-state index contributed by atoms with van der Waals surface area (Å²) < 4.78 is 0. The third kappa shape index (κ3) is 4.68. The van der Waals surface area contributed by atoms with Gasteiger partial charge in [0.1, 0.15) is 0 Å². The topological polar surface area (TPSA) is 0 Å². The highest BCUT2D eigenvalue weighted by Gasteiger charge is 2.35. The normalized spacial score (nSPS) is 13.1. The summed E-state index contributed by atoms with van der Waals surface area (Å²) in [4.78, 5) is 0. The molecular weight excluding hydrogens is 613 g/mol. The molecule has 0 spiro atoms. The van der Waals surface area contributed by atoms with Gasteiger partial charge in [-0.15, -0.1) is 0 Å². The summed E-state index contributed by atoms with van der Waals surface area (Å²) >= 11 is 0. The molecule has 0 nitrogen and oxygen atoms in total. The molecule has 1 aliphatic rings. The molecule has 0 aromatic heterocycles. The highest BCUT2D eigenvalue weighted by molar-refractivity contribution is 6.22. The molecule has 0 atom stereocenters. The Morgan fingerprint density at radius 1 is 0.294 bits per heavy atom. The molecule has 0 radical (unpaired) electrons. The monoisotopic (exact) mass is 648 g/mol. The van der Waals surface area contributed by atoms with E-state index in [2.05, 4.69) is 196 Å². The van der Waals surface area contributed by atoms with Crippen molar-refractivity contribution in [2.45, 2.75) is 19.3 Å². The summed E-state index contributed by atoms with van der Waals surface area (Å²) in [5.41, 5.74) is 15.4. The van der Waals surface area contributed by atoms with E-state index in [1.54, 1.807) is 0 Å². The van der Waals surface area contributed by atoms with Crippen LogP contribution in [-0.2, 0) is 5.41 Å². The summed E-state index contributed by atoms with van der Waals surface area (Å²) in [6, 6.07) is 67.5. The zero-order valence-corrected chi connectivity index (χ0v) is 28.8. The second-order valence-electron chi connectivity index (χ2n) is 14.5. The zero-order chi connectivity index (χ0) is 34.1. The van der Waals surface area contributed by atoms with E-state index in [9.17, 15) is 0 Å². The summed E-state index contributed by atoms with van der Waals surface area (Å²) in [6.45, 7) is 4.75. The van der Waals surface area contributed by atoms with Crippen LogP contribution in [0, 0.1) is 0 Å². The minimum absolute atomic E-state index is 0.0817. The average Bonchev–Trinajstić information content (AvgIpc) is 3.42. The molecule has 0 aliphatic heterocycles. The molecule has 0 fully saturated rings. The number of fused-ring (bicyclic) bond motifs is 6. The van der Waals surface area contributed by atoms with Crippen LogP contribution in [0.1, 0.15) is 25.0 Å². The number of rotatable bonds is 4. The molecule has 0 N–H and O–H groups in total. The Kier molecular flexibility index (Phi) is 6.63. The fourth-order valence-electron chi connectivity index (χ4n) is 8.69. The highest BCUT2D eigenvalue weighted by atomic mass is 14.4. The van der Waals surface area contributed by atoms with Crippen molar-refractivity contribution < 1.29 is 0 Å². The molecule has 0 heteroatoms. The summed E-state index contributed by atoms with van der Waals surface area (Å²) in [7, 11) is 0. The molecule has 9 aromatic carbocycles. The maximum Gasteiger partial charge on any atom is 0.0159 e. The van der Waals surface area contributed by atoms with Gasteiger partial charge in [0.15, 0.2) is 0 Å². The molecule has 51 heavy (non-hydrogen) atoms. The van der Waals surface area contributed by atoms with Gasteiger partial charge < -0.3 is 0 Å². The predicted molar refractivity (Wildman–Crippen MR) is 218 cm³/mol. The quantitative estimate of drug-likeness (QED) is 0.167. The highest BCUT2D eigenvalue weighted by Crippen LogP contribution is 2.51. The number of hydrogen-bond acceptors (Lipinski definition) is 0. The second-order valence-corrected chi connectivity index (χ2v) is 14.5. The third-order valence-corrected chi connectivity index (χ3v) is 11.2. The van der Waals surface area contributed by atoms with E-state index in [-0.39, 0.29) is 5.41 Å². The lowest BCUT2D eigenvalue weighted by Gasteiger charge is -2.23. The van der Waals surface area contributed by atoms with Crippen LogP contribution in [0.5, 0.6) is 0 Å². The Morgan fingerprint density at radius 3 is 1.69 bits per heavy atom. The fourth-order valence-corrected chi connectivity index (χ4v) is 8.69. The van der Waals surface area contributed by atoms with Crippen molar-refractivity contribution in [2.24, 2.45) is 0 Å². The van der Waals surface area contributed by atoms with Crippen LogP contribution in [-0.4, -0.2) is 0 Å². The molecule has 0 saturated heterocycles. The molecule has 9 aromatic rings. The smallest absolute Gasteiger partial charge is 0.0159 e. The molecule has 10 rings (SSSR count). The second kappa shape index (κ2) is 11.4. The lowest BCUT2D eigenvalue weighted by Crippen LogP contribution is -2.14. The lowest BCUT2D eigenvalue weighted by atomic mass is 9.80. The Balaban J connectivity index is 1.27. The van der Waals surface area contributed by atoms with E-state index >= 15 is 0 Å². The van der Waals surface area contributed by atoms with E-state index < -0.39 is 0 Å². The van der Waals surface area contributed by atoms with Gasteiger partial charge in [-0.25, -0.2) is 0 Å². The summed E-state index contributed by atoms with van der Waals surface area (Å²) in [5.74, 6) is 0. The summed E-state index contributed by atoms with van der Waals surface area (Å²) in [6.07, 6.45) is 0. The first-order valence-electron chi connectivity index (χ1n) is 17.9. The van der Waals surface area contributed by atoms with E-state index in [0.717, 1.165) is 0 Å². The molecule has 240 valence electrons. The van der Waals surface area contributed by atoms with E-state index in [1.165, 1.54) is 99.1 Å². The van der Waals surface area contributed by atoms with Crippen molar-refractivity contribution in [3.8, 4) is 55.6 Å². The Bertz CT molecular complexity index is 2820. The third-order valence-electron chi connectivity index (χ3n) is 11.2. The van der Waals surface area contributed by atoms with Crippen molar-refractivity contribution in [3.05, 3.63) is 193 Å². The zero-order valence-electron chi connectivity index (χ0n) is 28.8. The molecule has 0 heterocycles. The molecule has 0 saturated carbocycles. The fraction of sp³-hybridized carbons (Fsp3) is 0.0588. The van der Waals surface area contributed by atoms with Gasteiger partial charge in [-0.2, -0.15) is 0 Å². The van der Waals surface area contributed by atoms with Gasteiger partial charge in [0.05, 0.1) is 0 Å². The molecular formula is C51H36. The Hall–Kier alpha value is -6.24. The number of benzene rings is 9. The minimum atomic E-state index is -0.0817. The first-order valence-corrected chi connectivity index (χ1v) is 17.9. The van der Waals surface area contributed by atoms with Crippen molar-refractivity contribution in [1.82, 2.24) is 0 Å². The molecule has 0 unspecified atom stereocenters. The van der Waals surface area contributed by atoms with Crippen LogP contribution in [0.4, 0.5) is 0 Å². The summed E-state index contributed by atoms with van der Waals surface area (Å²) in [5, 5.41) is 7.60. The van der Waals surface area contributed by atoms with Gasteiger partial charge in [0.25, 0.3) is 0 Å². The first-order chi connectivity index (χ1) is 25.0.